The number of carbonyl (C=O) groups is 3. The molecule has 3 aliphatic rings. The van der Waals surface area contributed by atoms with Gasteiger partial charge in [-0.05, 0) is 26.0 Å². The number of primary amides is 1. The number of anilines is 1. The highest BCUT2D eigenvalue weighted by atomic mass is 16.7. The summed E-state index contributed by atoms with van der Waals surface area (Å²) in [6.45, 7) is 3.57. The largest absolute Gasteiger partial charge is 0.456 e. The molecule has 4 heterocycles. The van der Waals surface area contributed by atoms with E-state index >= 15 is 0 Å². The molecule has 0 saturated carbocycles. The number of carbonyl (C=O) groups excluding carboxylic acids is 3. The van der Waals surface area contributed by atoms with Gasteiger partial charge in [0.15, 0.2) is 18.1 Å². The number of benzodiazepines with no additional fused rings is 1. The molecular formula is C35H38N6O12. The fourth-order valence-corrected chi connectivity index (χ4v) is 6.23. The van der Waals surface area contributed by atoms with Crippen LogP contribution in [0.15, 0.2) is 93.3 Å². The van der Waals surface area contributed by atoms with Crippen LogP contribution in [-0.2, 0) is 38.1 Å². The molecule has 1 aromatic heterocycles. The van der Waals surface area contributed by atoms with Crippen LogP contribution in [0.4, 0.5) is 5.69 Å². The third-order valence-corrected chi connectivity index (χ3v) is 8.61. The van der Waals surface area contributed by atoms with Crippen LogP contribution in [0.5, 0.6) is 0 Å². The number of aliphatic hydroxyl groups is 2. The lowest BCUT2D eigenvalue weighted by atomic mass is 10.0. The fourth-order valence-electron chi connectivity index (χ4n) is 6.23. The average Bonchev–Trinajstić information content (AvgIpc) is 3.40. The molecule has 9 atom stereocenters. The zero-order valence-electron chi connectivity index (χ0n) is 28.5. The summed E-state index contributed by atoms with van der Waals surface area (Å²) < 4.78 is 30.4. The Morgan fingerprint density at radius 3 is 2.40 bits per heavy atom. The number of nitrogens with zero attached hydrogens (tertiary/aromatic N) is 2. The molecule has 7 N–H and O–H groups in total. The van der Waals surface area contributed by atoms with Crippen LogP contribution in [0, 0.1) is 0 Å². The van der Waals surface area contributed by atoms with Crippen LogP contribution in [0.1, 0.15) is 31.2 Å². The van der Waals surface area contributed by atoms with Gasteiger partial charge in [0.1, 0.15) is 30.5 Å². The van der Waals surface area contributed by atoms with E-state index in [-0.39, 0.29) is 13.2 Å². The van der Waals surface area contributed by atoms with Crippen LogP contribution in [0.25, 0.3) is 0 Å². The van der Waals surface area contributed by atoms with Gasteiger partial charge in [-0.15, -0.1) is 0 Å². The number of aromatic nitrogens is 2. The van der Waals surface area contributed by atoms with Gasteiger partial charge in [-0.1, -0.05) is 48.5 Å². The number of benzene rings is 2. The lowest BCUT2D eigenvalue weighted by Gasteiger charge is -2.35. The second kappa shape index (κ2) is 16.0. The smallest absolute Gasteiger partial charge is 0.330 e. The third-order valence-electron chi connectivity index (χ3n) is 8.61. The minimum absolute atomic E-state index is 0.0927. The lowest BCUT2D eigenvalue weighted by Crippen LogP contribution is -2.54. The molecule has 6 unspecified atom stereocenters. The molecule has 2 aromatic carbocycles. The molecule has 53 heavy (non-hydrogen) atoms. The van der Waals surface area contributed by atoms with Gasteiger partial charge in [-0.3, -0.25) is 28.7 Å². The van der Waals surface area contributed by atoms with Crippen LogP contribution >= 0.6 is 0 Å². The van der Waals surface area contributed by atoms with Crippen molar-refractivity contribution in [2.45, 2.75) is 69.2 Å². The number of aliphatic imine (C=N–C) groups is 1. The number of hydrogen-bond donors (Lipinski definition) is 6. The van der Waals surface area contributed by atoms with Gasteiger partial charge < -0.3 is 50.3 Å². The maximum atomic E-state index is 13.6. The monoisotopic (exact) mass is 734 g/mol. The molecule has 0 radical (unpaired) electrons. The van der Waals surface area contributed by atoms with Gasteiger partial charge in [0.2, 0.25) is 18.4 Å². The number of amides is 3. The van der Waals surface area contributed by atoms with E-state index in [0.717, 1.165) is 16.7 Å². The minimum atomic E-state index is -1.89. The third kappa shape index (κ3) is 7.82. The van der Waals surface area contributed by atoms with Crippen LogP contribution < -0.4 is 27.6 Å². The number of aromatic amines is 1. The predicted molar refractivity (Wildman–Crippen MR) is 184 cm³/mol. The second-order valence-corrected chi connectivity index (χ2v) is 12.1. The van der Waals surface area contributed by atoms with Gasteiger partial charge in [-0.2, -0.15) is 0 Å². The number of nitrogens with two attached hydrogens (primary N) is 1. The van der Waals surface area contributed by atoms with Gasteiger partial charge in [0.25, 0.3) is 17.4 Å². The van der Waals surface area contributed by atoms with Crippen molar-refractivity contribution in [1.29, 1.82) is 0 Å². The molecule has 18 nitrogen and oxygen atoms in total. The standard InChI is InChI=1S/C35H38N6O12/c1-3-49-25-26(52-33(28(25)50-4-2)41-15-14-22(43)38-35(41)48)27(29(36)45)53-34-24(44)20(42)16-21(51-34)31(46)40-30-32(47)37-19-13-9-8-12-18(19)23(39-30)17-10-6-5-7-11-17/h5-16,20,24-28,30,33-34,42,44H,3-4H2,1-2H3,(H2,36,45)(H,37,47)(H,40,46)(H,38,43,48)/t20?,24?,25?,26-,27?,28?,30?,33+,34+/m0/s1. The Kier molecular flexibility index (Phi) is 11.3. The molecular weight excluding hydrogens is 696 g/mol. The Balaban J connectivity index is 1.25. The number of rotatable bonds is 12. The molecule has 3 aromatic rings. The summed E-state index contributed by atoms with van der Waals surface area (Å²) in [4.78, 5) is 71.1. The molecule has 3 aliphatic heterocycles. The molecule has 18 heteroatoms. The highest BCUT2D eigenvalue weighted by molar-refractivity contribution is 6.20. The first kappa shape index (κ1) is 37.3. The number of aliphatic hydroxyl groups excluding tert-OH is 2. The van der Waals surface area contributed by atoms with E-state index in [1.807, 2.05) is 6.07 Å². The summed E-state index contributed by atoms with van der Waals surface area (Å²) in [7, 11) is 0. The van der Waals surface area contributed by atoms with E-state index in [0.29, 0.717) is 22.5 Å². The number of hydrogen-bond acceptors (Lipinski definition) is 13. The van der Waals surface area contributed by atoms with Crippen molar-refractivity contribution >= 4 is 29.1 Å². The van der Waals surface area contributed by atoms with Crippen molar-refractivity contribution in [1.82, 2.24) is 14.9 Å². The van der Waals surface area contributed by atoms with E-state index in [1.54, 1.807) is 62.4 Å². The van der Waals surface area contributed by atoms with E-state index in [2.05, 4.69) is 20.6 Å². The Morgan fingerprint density at radius 1 is 1.00 bits per heavy atom. The van der Waals surface area contributed by atoms with Gasteiger partial charge in [0, 0.05) is 36.6 Å². The van der Waals surface area contributed by atoms with E-state index in [4.69, 9.17) is 29.4 Å². The van der Waals surface area contributed by atoms with Crippen LogP contribution in [0.2, 0.25) is 0 Å². The Hall–Kier alpha value is -5.50. The summed E-state index contributed by atoms with van der Waals surface area (Å²) in [5, 5.41) is 26.9. The van der Waals surface area contributed by atoms with Crippen molar-refractivity contribution in [2.75, 3.05) is 18.5 Å². The molecule has 6 rings (SSSR count). The quantitative estimate of drug-likeness (QED) is 0.131. The fraction of sp³-hybridized carbons (Fsp3) is 0.371. The van der Waals surface area contributed by atoms with Crippen molar-refractivity contribution in [2.24, 2.45) is 10.7 Å². The maximum Gasteiger partial charge on any atom is 0.330 e. The molecule has 1 fully saturated rings. The van der Waals surface area contributed by atoms with Crippen LogP contribution in [-0.4, -0.2) is 105 Å². The summed E-state index contributed by atoms with van der Waals surface area (Å²) in [5.74, 6) is -3.37. The molecule has 3 amide bonds. The molecule has 0 aliphatic carbocycles. The van der Waals surface area contributed by atoms with Crippen LogP contribution in [0.3, 0.4) is 0 Å². The Labute approximate surface area is 301 Å². The number of fused-ring (bicyclic) bond motifs is 1. The molecule has 0 spiro atoms. The van der Waals surface area contributed by atoms with E-state index in [9.17, 15) is 34.2 Å². The minimum Gasteiger partial charge on any atom is -0.456 e. The average molecular weight is 735 g/mol. The number of ether oxygens (including phenoxy) is 5. The highest BCUT2D eigenvalue weighted by Crippen LogP contribution is 2.36. The van der Waals surface area contributed by atoms with Gasteiger partial charge >= 0.3 is 5.69 Å². The zero-order valence-corrected chi connectivity index (χ0v) is 28.5. The normalized spacial score (nSPS) is 27.3. The Morgan fingerprint density at radius 2 is 1.70 bits per heavy atom. The summed E-state index contributed by atoms with van der Waals surface area (Å²) in [6, 6.07) is 17.1. The topological polar surface area (TPSA) is 255 Å². The van der Waals surface area contributed by atoms with Crippen molar-refractivity contribution in [3.63, 3.8) is 0 Å². The van der Waals surface area contributed by atoms with Crippen molar-refractivity contribution < 1.29 is 48.3 Å². The van der Waals surface area contributed by atoms with Gasteiger partial charge in [0.05, 0.1) is 11.4 Å². The first-order valence-corrected chi connectivity index (χ1v) is 16.7. The number of nitrogens with one attached hydrogen (secondary N) is 3. The van der Waals surface area contributed by atoms with E-state index in [1.165, 1.54) is 6.20 Å². The summed E-state index contributed by atoms with van der Waals surface area (Å²) in [6.07, 6.45) is -11.4. The maximum absolute atomic E-state index is 13.6. The van der Waals surface area contributed by atoms with Gasteiger partial charge in [-0.25, -0.2) is 9.79 Å². The number of para-hydroxylation sites is 1. The Bertz CT molecular complexity index is 2020. The lowest BCUT2D eigenvalue weighted by molar-refractivity contribution is -0.241. The zero-order chi connectivity index (χ0) is 37.8. The summed E-state index contributed by atoms with van der Waals surface area (Å²) >= 11 is 0. The first-order valence-electron chi connectivity index (χ1n) is 16.7. The van der Waals surface area contributed by atoms with E-state index < -0.39 is 90.0 Å². The first-order chi connectivity index (χ1) is 25.5. The predicted octanol–water partition coefficient (Wildman–Crippen LogP) is -0.991. The SMILES string of the molecule is CCOC1C(OCC)[C@H](n2ccc(=O)[nH]c2=O)O[C@@H]1C(O[C@H]1OC(C(=O)NC2N=C(c3ccccc3)c3ccccc3NC2=O)=CC(O)C1O)C(N)=O. The molecule has 1 saturated heterocycles. The highest BCUT2D eigenvalue weighted by Gasteiger charge is 2.54. The molecule has 280 valence electrons. The number of H-pyrrole nitrogens is 1. The van der Waals surface area contributed by atoms with Crippen molar-refractivity contribution in [3.8, 4) is 0 Å². The molecule has 0 bridgehead atoms. The second-order valence-electron chi connectivity index (χ2n) is 12.1. The summed E-state index contributed by atoms with van der Waals surface area (Å²) in [5.41, 5.74) is 6.44. The van der Waals surface area contributed by atoms with Crippen molar-refractivity contribution in [3.05, 3.63) is 111 Å².